The second kappa shape index (κ2) is 5.17. The van der Waals surface area contributed by atoms with Crippen LogP contribution in [0.1, 0.15) is 41.5 Å². The average molecular weight is 278 g/mol. The Morgan fingerprint density at radius 3 is 2.48 bits per heavy atom. The second-order valence-corrected chi connectivity index (χ2v) is 5.54. The maximum Gasteiger partial charge on any atom is 0.213 e. The standard InChI is InChI=1S/C18H18N2O/c1-12(2)17-16(18(21)14-9-6-7-11-19-14)13-8-4-5-10-15(13)20(17)3/h4-12H,1-3H3. The number of para-hydroxylation sites is 1. The number of carbonyl (C=O) groups is 1. The molecule has 2 heterocycles. The summed E-state index contributed by atoms with van der Waals surface area (Å²) in [7, 11) is 2.02. The van der Waals surface area contributed by atoms with Crippen molar-refractivity contribution in [1.29, 1.82) is 0 Å². The molecule has 0 aliphatic rings. The largest absolute Gasteiger partial charge is 0.347 e. The molecule has 3 heteroatoms. The summed E-state index contributed by atoms with van der Waals surface area (Å²) < 4.78 is 2.12. The number of carbonyl (C=O) groups excluding carboxylic acids is 1. The molecule has 0 fully saturated rings. The number of ketones is 1. The molecule has 2 aromatic heterocycles. The van der Waals surface area contributed by atoms with E-state index in [-0.39, 0.29) is 11.7 Å². The topological polar surface area (TPSA) is 34.9 Å². The minimum Gasteiger partial charge on any atom is -0.347 e. The highest BCUT2D eigenvalue weighted by Gasteiger charge is 2.24. The number of nitrogens with zero attached hydrogens (tertiary/aromatic N) is 2. The van der Waals surface area contributed by atoms with Gasteiger partial charge < -0.3 is 4.57 Å². The monoisotopic (exact) mass is 278 g/mol. The van der Waals surface area contributed by atoms with Gasteiger partial charge in [0.1, 0.15) is 5.69 Å². The molecule has 3 rings (SSSR count). The highest BCUT2D eigenvalue weighted by molar-refractivity contribution is 6.16. The number of hydrogen-bond donors (Lipinski definition) is 0. The van der Waals surface area contributed by atoms with E-state index >= 15 is 0 Å². The summed E-state index contributed by atoms with van der Waals surface area (Å²) in [4.78, 5) is 17.1. The van der Waals surface area contributed by atoms with Gasteiger partial charge in [-0.2, -0.15) is 0 Å². The van der Waals surface area contributed by atoms with E-state index < -0.39 is 0 Å². The van der Waals surface area contributed by atoms with Crippen LogP contribution >= 0.6 is 0 Å². The zero-order valence-corrected chi connectivity index (χ0v) is 12.5. The van der Waals surface area contributed by atoms with Crippen LogP contribution in [0.25, 0.3) is 10.9 Å². The van der Waals surface area contributed by atoms with E-state index in [1.165, 1.54) is 0 Å². The fraction of sp³-hybridized carbons (Fsp3) is 0.222. The van der Waals surface area contributed by atoms with Crippen molar-refractivity contribution in [3.8, 4) is 0 Å². The van der Waals surface area contributed by atoms with E-state index in [0.29, 0.717) is 5.69 Å². The molecule has 3 nitrogen and oxygen atoms in total. The number of pyridine rings is 1. The van der Waals surface area contributed by atoms with Crippen LogP contribution in [-0.2, 0) is 7.05 Å². The fourth-order valence-electron chi connectivity index (χ4n) is 2.95. The average Bonchev–Trinajstić information content (AvgIpc) is 2.81. The van der Waals surface area contributed by atoms with Gasteiger partial charge in [-0.1, -0.05) is 38.1 Å². The number of aromatic nitrogens is 2. The molecule has 0 saturated heterocycles. The first-order valence-electron chi connectivity index (χ1n) is 7.14. The number of fused-ring (bicyclic) bond motifs is 1. The third kappa shape index (κ3) is 2.15. The first kappa shape index (κ1) is 13.6. The number of hydrogen-bond acceptors (Lipinski definition) is 2. The predicted octanol–water partition coefficient (Wildman–Crippen LogP) is 3.93. The smallest absolute Gasteiger partial charge is 0.213 e. The Labute approximate surface area is 124 Å². The number of benzene rings is 1. The third-order valence-electron chi connectivity index (χ3n) is 3.82. The van der Waals surface area contributed by atoms with Crippen molar-refractivity contribution in [3.05, 3.63) is 65.6 Å². The Bertz CT molecular complexity index is 801. The van der Waals surface area contributed by atoms with E-state index in [4.69, 9.17) is 0 Å². The van der Waals surface area contributed by atoms with Gasteiger partial charge in [-0.25, -0.2) is 0 Å². The fourth-order valence-corrected chi connectivity index (χ4v) is 2.95. The molecular weight excluding hydrogens is 260 g/mol. The van der Waals surface area contributed by atoms with Crippen LogP contribution in [0, 0.1) is 0 Å². The summed E-state index contributed by atoms with van der Waals surface area (Å²) >= 11 is 0. The summed E-state index contributed by atoms with van der Waals surface area (Å²) in [5.74, 6) is 0.265. The van der Waals surface area contributed by atoms with Crippen LogP contribution in [0.3, 0.4) is 0 Å². The molecule has 0 spiro atoms. The molecule has 0 aliphatic carbocycles. The molecule has 3 aromatic rings. The van der Waals surface area contributed by atoms with E-state index in [2.05, 4.69) is 29.5 Å². The molecule has 0 aliphatic heterocycles. The predicted molar refractivity (Wildman–Crippen MR) is 84.7 cm³/mol. The second-order valence-electron chi connectivity index (χ2n) is 5.54. The molecule has 0 radical (unpaired) electrons. The lowest BCUT2D eigenvalue weighted by Crippen LogP contribution is -2.09. The molecule has 0 N–H and O–H groups in total. The van der Waals surface area contributed by atoms with Crippen LogP contribution in [0.5, 0.6) is 0 Å². The third-order valence-corrected chi connectivity index (χ3v) is 3.82. The van der Waals surface area contributed by atoms with Gasteiger partial charge in [0.05, 0.1) is 5.56 Å². The van der Waals surface area contributed by atoms with Crippen molar-refractivity contribution >= 4 is 16.7 Å². The number of aryl methyl sites for hydroxylation is 1. The zero-order chi connectivity index (χ0) is 15.0. The van der Waals surface area contributed by atoms with Gasteiger partial charge in [-0.15, -0.1) is 0 Å². The Morgan fingerprint density at radius 2 is 1.81 bits per heavy atom. The molecule has 0 saturated carbocycles. The van der Waals surface area contributed by atoms with Gasteiger partial charge in [0, 0.05) is 29.8 Å². The van der Waals surface area contributed by atoms with Gasteiger partial charge in [0.25, 0.3) is 0 Å². The SMILES string of the molecule is CC(C)c1c(C(=O)c2ccccn2)c2ccccc2n1C. The van der Waals surface area contributed by atoms with Crippen molar-refractivity contribution in [1.82, 2.24) is 9.55 Å². The van der Waals surface area contributed by atoms with Crippen molar-refractivity contribution < 1.29 is 4.79 Å². The van der Waals surface area contributed by atoms with Crippen molar-refractivity contribution in [3.63, 3.8) is 0 Å². The van der Waals surface area contributed by atoms with Crippen LogP contribution < -0.4 is 0 Å². The minimum absolute atomic E-state index is 0.00361. The Morgan fingerprint density at radius 1 is 1.10 bits per heavy atom. The Hall–Kier alpha value is -2.42. The van der Waals surface area contributed by atoms with Gasteiger partial charge in [0.15, 0.2) is 0 Å². The number of rotatable bonds is 3. The Balaban J connectivity index is 2.31. The Kier molecular flexibility index (Phi) is 3.34. The summed E-state index contributed by atoms with van der Waals surface area (Å²) in [6, 6.07) is 13.5. The maximum absolute atomic E-state index is 12.9. The molecule has 0 bridgehead atoms. The van der Waals surface area contributed by atoms with Gasteiger partial charge in [0.2, 0.25) is 5.78 Å². The van der Waals surface area contributed by atoms with Crippen LogP contribution in [0.4, 0.5) is 0 Å². The lowest BCUT2D eigenvalue weighted by Gasteiger charge is -2.10. The summed E-state index contributed by atoms with van der Waals surface area (Å²) in [5.41, 5.74) is 3.42. The molecule has 21 heavy (non-hydrogen) atoms. The van der Waals surface area contributed by atoms with E-state index in [1.807, 2.05) is 37.4 Å². The quantitative estimate of drug-likeness (QED) is 0.680. The maximum atomic E-state index is 12.9. The first-order valence-corrected chi connectivity index (χ1v) is 7.14. The molecule has 106 valence electrons. The lowest BCUT2D eigenvalue weighted by molar-refractivity contribution is 0.103. The highest BCUT2D eigenvalue weighted by Crippen LogP contribution is 2.31. The summed E-state index contributed by atoms with van der Waals surface area (Å²) in [6.07, 6.45) is 1.66. The molecular formula is C18H18N2O. The summed E-state index contributed by atoms with van der Waals surface area (Å²) in [5, 5.41) is 0.999. The van der Waals surface area contributed by atoms with Crippen LogP contribution in [0.2, 0.25) is 0 Å². The van der Waals surface area contributed by atoms with Crippen molar-refractivity contribution in [2.45, 2.75) is 19.8 Å². The van der Waals surface area contributed by atoms with Crippen LogP contribution in [-0.4, -0.2) is 15.3 Å². The minimum atomic E-state index is -0.00361. The molecule has 1 aromatic carbocycles. The first-order chi connectivity index (χ1) is 10.1. The van der Waals surface area contributed by atoms with E-state index in [1.54, 1.807) is 12.3 Å². The molecule has 0 amide bonds. The lowest BCUT2D eigenvalue weighted by atomic mass is 9.98. The summed E-state index contributed by atoms with van der Waals surface area (Å²) in [6.45, 7) is 4.23. The normalized spacial score (nSPS) is 11.2. The zero-order valence-electron chi connectivity index (χ0n) is 12.5. The van der Waals surface area contributed by atoms with Gasteiger partial charge in [-0.05, 0) is 24.1 Å². The van der Waals surface area contributed by atoms with Gasteiger partial charge in [-0.3, -0.25) is 9.78 Å². The van der Waals surface area contributed by atoms with Gasteiger partial charge >= 0.3 is 0 Å². The van der Waals surface area contributed by atoms with Crippen LogP contribution in [0.15, 0.2) is 48.7 Å². The van der Waals surface area contributed by atoms with Crippen molar-refractivity contribution in [2.75, 3.05) is 0 Å². The highest BCUT2D eigenvalue weighted by atomic mass is 16.1. The van der Waals surface area contributed by atoms with Crippen molar-refractivity contribution in [2.24, 2.45) is 7.05 Å². The van der Waals surface area contributed by atoms with E-state index in [0.717, 1.165) is 22.2 Å². The molecule has 0 unspecified atom stereocenters. The van der Waals surface area contributed by atoms with E-state index in [9.17, 15) is 4.79 Å². The molecule has 0 atom stereocenters.